The fraction of sp³-hybridized carbons (Fsp3) is 0. The third-order valence-corrected chi connectivity index (χ3v) is 4.88. The van der Waals surface area contributed by atoms with Crippen LogP contribution in [0, 0.1) is 20.2 Å². The van der Waals surface area contributed by atoms with E-state index in [0.29, 0.717) is 4.21 Å². The van der Waals surface area contributed by atoms with Crippen LogP contribution in [0.15, 0.2) is 44.8 Å². The van der Waals surface area contributed by atoms with Crippen LogP contribution in [0.2, 0.25) is 0 Å². The van der Waals surface area contributed by atoms with Crippen LogP contribution in [0.4, 0.5) is 11.4 Å². The number of nitro groups is 2. The Labute approximate surface area is 113 Å². The van der Waals surface area contributed by atoms with Crippen LogP contribution in [0.1, 0.15) is 0 Å². The average molecular weight is 298 g/mol. The maximum atomic E-state index is 12.2. The fourth-order valence-corrected chi connectivity index (χ4v) is 3.56. The molecule has 98 valence electrons. The number of rotatable bonds is 4. The first-order valence-electron chi connectivity index (χ1n) is 4.89. The van der Waals surface area contributed by atoms with E-state index in [1.54, 1.807) is 17.5 Å². The van der Waals surface area contributed by atoms with Gasteiger partial charge in [0.05, 0.1) is 20.1 Å². The zero-order chi connectivity index (χ0) is 14.0. The number of nitrogens with zero attached hydrogens (tertiary/aromatic N) is 2. The molecule has 0 saturated carbocycles. The Morgan fingerprint density at radius 1 is 1.11 bits per heavy atom. The molecule has 0 aliphatic carbocycles. The molecule has 0 saturated heterocycles. The van der Waals surface area contributed by atoms with E-state index < -0.39 is 32.0 Å². The molecule has 0 amide bonds. The first kappa shape index (κ1) is 13.3. The van der Waals surface area contributed by atoms with Gasteiger partial charge >= 0.3 is 0 Å². The lowest BCUT2D eigenvalue weighted by Gasteiger charge is -2.01. The van der Waals surface area contributed by atoms with Crippen molar-refractivity contribution in [3.8, 4) is 0 Å². The van der Waals surface area contributed by atoms with E-state index in [1.165, 1.54) is 11.3 Å². The summed E-state index contributed by atoms with van der Waals surface area (Å²) in [5.41, 5.74) is -0.917. The lowest BCUT2D eigenvalue weighted by molar-refractivity contribution is -0.396. The summed E-state index contributed by atoms with van der Waals surface area (Å²) in [6.45, 7) is 0. The van der Waals surface area contributed by atoms with Crippen molar-refractivity contribution in [3.63, 3.8) is 0 Å². The summed E-state index contributed by atoms with van der Waals surface area (Å²) < 4.78 is 12.6. The van der Waals surface area contributed by atoms with Crippen molar-refractivity contribution in [3.05, 3.63) is 55.9 Å². The van der Waals surface area contributed by atoms with E-state index in [0.717, 1.165) is 18.2 Å². The van der Waals surface area contributed by atoms with Gasteiger partial charge in [-0.15, -0.1) is 11.3 Å². The van der Waals surface area contributed by atoms with Gasteiger partial charge in [0.2, 0.25) is 0 Å². The summed E-state index contributed by atoms with van der Waals surface area (Å²) in [5, 5.41) is 23.2. The van der Waals surface area contributed by atoms with E-state index in [2.05, 4.69) is 0 Å². The van der Waals surface area contributed by atoms with Crippen molar-refractivity contribution in [2.45, 2.75) is 9.10 Å². The van der Waals surface area contributed by atoms with Gasteiger partial charge < -0.3 is 0 Å². The van der Waals surface area contributed by atoms with E-state index in [9.17, 15) is 24.4 Å². The maximum Gasteiger partial charge on any atom is 0.292 e. The minimum absolute atomic E-state index is 0.0435. The number of thiophene rings is 1. The number of hydrogen-bond acceptors (Lipinski definition) is 6. The molecule has 7 nitrogen and oxygen atoms in total. The number of benzene rings is 1. The molecule has 0 N–H and O–H groups in total. The van der Waals surface area contributed by atoms with E-state index in [1.807, 2.05) is 0 Å². The topological polar surface area (TPSA) is 103 Å². The summed E-state index contributed by atoms with van der Waals surface area (Å²) in [5.74, 6) is 0. The second-order valence-electron chi connectivity index (χ2n) is 3.37. The van der Waals surface area contributed by atoms with Gasteiger partial charge in [0.25, 0.3) is 11.4 Å². The first-order valence-corrected chi connectivity index (χ1v) is 6.92. The molecule has 2 aromatic rings. The second kappa shape index (κ2) is 5.24. The van der Waals surface area contributed by atoms with E-state index >= 15 is 0 Å². The van der Waals surface area contributed by atoms with E-state index in [4.69, 9.17) is 0 Å². The highest BCUT2D eigenvalue weighted by atomic mass is 32.2. The predicted molar refractivity (Wildman–Crippen MR) is 68.7 cm³/mol. The van der Waals surface area contributed by atoms with Crippen molar-refractivity contribution in [1.82, 2.24) is 0 Å². The lowest BCUT2D eigenvalue weighted by Crippen LogP contribution is -1.99. The Hall–Kier alpha value is -2.13. The quantitative estimate of drug-likeness (QED) is 0.637. The molecule has 0 aliphatic heterocycles. The maximum absolute atomic E-state index is 12.2. The molecule has 1 unspecified atom stereocenters. The largest absolute Gasteiger partial charge is 0.292 e. The molecular weight excluding hydrogens is 292 g/mol. The predicted octanol–water partition coefficient (Wildman–Crippen LogP) is 2.73. The molecule has 0 aliphatic rings. The Morgan fingerprint density at radius 3 is 2.37 bits per heavy atom. The van der Waals surface area contributed by atoms with Gasteiger partial charge in [-0.2, -0.15) is 0 Å². The van der Waals surface area contributed by atoms with Crippen molar-refractivity contribution >= 4 is 33.5 Å². The first-order chi connectivity index (χ1) is 9.00. The summed E-state index contributed by atoms with van der Waals surface area (Å²) >= 11 is 1.20. The van der Waals surface area contributed by atoms with Crippen LogP contribution in [0.3, 0.4) is 0 Å². The van der Waals surface area contributed by atoms with Gasteiger partial charge in [-0.25, -0.2) is 4.21 Å². The Balaban J connectivity index is 2.54. The average Bonchev–Trinajstić information content (AvgIpc) is 2.90. The summed E-state index contributed by atoms with van der Waals surface area (Å²) in [6.07, 6.45) is 0. The summed E-state index contributed by atoms with van der Waals surface area (Å²) in [6, 6.07) is 6.35. The molecule has 1 heterocycles. The van der Waals surface area contributed by atoms with Crippen molar-refractivity contribution < 1.29 is 14.1 Å². The minimum atomic E-state index is -1.72. The standard InChI is InChI=1S/C10H6N2O5S2/c13-11(14)7-3-4-9(8(6-7)12(15)16)19(17)10-2-1-5-18-10/h1-6H. The normalized spacial score (nSPS) is 12.0. The molecule has 2 rings (SSSR count). The minimum Gasteiger partial charge on any atom is -0.258 e. The molecule has 1 atom stereocenters. The molecule has 1 aromatic heterocycles. The van der Waals surface area contributed by atoms with E-state index in [-0.39, 0.29) is 4.90 Å². The van der Waals surface area contributed by atoms with Crippen LogP contribution in [-0.4, -0.2) is 14.1 Å². The number of non-ortho nitro benzene ring substituents is 1. The zero-order valence-electron chi connectivity index (χ0n) is 9.22. The van der Waals surface area contributed by atoms with Crippen LogP contribution in [0.25, 0.3) is 0 Å². The lowest BCUT2D eigenvalue weighted by atomic mass is 10.3. The molecule has 0 spiro atoms. The highest BCUT2D eigenvalue weighted by Crippen LogP contribution is 2.31. The molecule has 0 bridgehead atoms. The van der Waals surface area contributed by atoms with Gasteiger partial charge in [0, 0.05) is 6.07 Å². The Kier molecular flexibility index (Phi) is 3.67. The van der Waals surface area contributed by atoms with Gasteiger partial charge in [0.1, 0.15) is 15.7 Å². The number of nitro benzene ring substituents is 2. The third kappa shape index (κ3) is 2.66. The fourth-order valence-electron chi connectivity index (χ4n) is 1.40. The molecule has 1 aromatic carbocycles. The van der Waals surface area contributed by atoms with Gasteiger partial charge in [-0.05, 0) is 17.5 Å². The summed E-state index contributed by atoms with van der Waals surface area (Å²) in [4.78, 5) is 20.0. The number of hydrogen-bond donors (Lipinski definition) is 0. The van der Waals surface area contributed by atoms with Gasteiger partial charge in [0.15, 0.2) is 0 Å². The van der Waals surface area contributed by atoms with Crippen LogP contribution in [-0.2, 0) is 10.8 Å². The van der Waals surface area contributed by atoms with Crippen molar-refractivity contribution in [2.75, 3.05) is 0 Å². The Morgan fingerprint density at radius 2 is 1.84 bits per heavy atom. The van der Waals surface area contributed by atoms with Gasteiger partial charge in [-0.1, -0.05) is 6.07 Å². The SMILES string of the molecule is O=[N+]([O-])c1ccc(S(=O)c2cccs2)c([N+](=O)[O-])c1. The summed E-state index contributed by atoms with van der Waals surface area (Å²) in [7, 11) is -1.72. The monoisotopic (exact) mass is 298 g/mol. The second-order valence-corrected chi connectivity index (χ2v) is 5.99. The Bertz CT molecular complexity index is 669. The molecule has 0 fully saturated rings. The third-order valence-electron chi connectivity index (χ3n) is 2.23. The highest BCUT2D eigenvalue weighted by molar-refractivity contribution is 7.87. The van der Waals surface area contributed by atoms with Crippen molar-refractivity contribution in [2.24, 2.45) is 0 Å². The van der Waals surface area contributed by atoms with Crippen LogP contribution < -0.4 is 0 Å². The highest BCUT2D eigenvalue weighted by Gasteiger charge is 2.24. The van der Waals surface area contributed by atoms with Gasteiger partial charge in [-0.3, -0.25) is 20.2 Å². The molecule has 9 heteroatoms. The zero-order valence-corrected chi connectivity index (χ0v) is 10.8. The molecular formula is C10H6N2O5S2. The smallest absolute Gasteiger partial charge is 0.258 e. The molecule has 0 radical (unpaired) electrons. The van der Waals surface area contributed by atoms with Crippen LogP contribution in [0.5, 0.6) is 0 Å². The molecule has 19 heavy (non-hydrogen) atoms. The van der Waals surface area contributed by atoms with Crippen molar-refractivity contribution in [1.29, 1.82) is 0 Å². The van der Waals surface area contributed by atoms with Crippen LogP contribution >= 0.6 is 11.3 Å².